The lowest BCUT2D eigenvalue weighted by atomic mass is 9.77. The fourth-order valence-corrected chi connectivity index (χ4v) is 2.56. The zero-order valence-corrected chi connectivity index (χ0v) is 10.6. The van der Waals surface area contributed by atoms with Gasteiger partial charge in [0.05, 0.1) is 11.3 Å². The maximum absolute atomic E-state index is 8.83. The third-order valence-corrected chi connectivity index (χ3v) is 3.69. The van der Waals surface area contributed by atoms with Gasteiger partial charge in [0.1, 0.15) is 6.07 Å². The monoisotopic (exact) mass is 249 g/mol. The lowest BCUT2D eigenvalue weighted by Gasteiger charge is -2.30. The maximum Gasteiger partial charge on any atom is 0.101 e. The van der Waals surface area contributed by atoms with Crippen LogP contribution in [0.1, 0.15) is 22.6 Å². The largest absolute Gasteiger partial charge is 0.398 e. The van der Waals surface area contributed by atoms with E-state index in [1.54, 1.807) is 6.07 Å². The second kappa shape index (κ2) is 4.66. The van der Waals surface area contributed by atoms with Crippen molar-refractivity contribution in [1.82, 2.24) is 0 Å². The number of hydrogen-bond donors (Lipinski definition) is 2. The smallest absolute Gasteiger partial charge is 0.101 e. The fraction of sp³-hybridized carbons (Fsp3) is 0.188. The number of nitrogens with two attached hydrogens (primary N) is 1. The Bertz CT molecular complexity index is 655. The molecule has 19 heavy (non-hydrogen) atoms. The van der Waals surface area contributed by atoms with Gasteiger partial charge in [-0.15, -0.1) is 0 Å². The third kappa shape index (κ3) is 2.13. The van der Waals surface area contributed by atoms with E-state index in [2.05, 4.69) is 35.7 Å². The van der Waals surface area contributed by atoms with Gasteiger partial charge in [0.15, 0.2) is 0 Å². The highest BCUT2D eigenvalue weighted by molar-refractivity contribution is 5.62. The normalized spacial score (nSPS) is 16.1. The highest BCUT2D eigenvalue weighted by Crippen LogP contribution is 2.34. The fourth-order valence-electron chi connectivity index (χ4n) is 2.56. The van der Waals surface area contributed by atoms with E-state index in [0.29, 0.717) is 17.2 Å². The van der Waals surface area contributed by atoms with Gasteiger partial charge in [0.2, 0.25) is 0 Å². The highest BCUT2D eigenvalue weighted by atomic mass is 14.9. The SMILES string of the molecule is N#Cc1ccc(NCC2Cc3ccccc32)cc1N. The van der Waals surface area contributed by atoms with Crippen LogP contribution < -0.4 is 11.1 Å². The molecule has 0 aromatic heterocycles. The van der Waals surface area contributed by atoms with Crippen LogP contribution in [0.15, 0.2) is 42.5 Å². The van der Waals surface area contributed by atoms with Crippen LogP contribution in [-0.2, 0) is 6.42 Å². The Hall–Kier alpha value is -2.47. The average molecular weight is 249 g/mol. The number of nitrogens with one attached hydrogen (secondary N) is 1. The molecule has 3 heteroatoms. The molecule has 0 amide bonds. The van der Waals surface area contributed by atoms with E-state index in [0.717, 1.165) is 18.7 Å². The summed E-state index contributed by atoms with van der Waals surface area (Å²) >= 11 is 0. The number of nitriles is 1. The molecule has 3 rings (SSSR count). The van der Waals surface area contributed by atoms with Crippen molar-refractivity contribution in [1.29, 1.82) is 5.26 Å². The molecule has 0 fully saturated rings. The minimum absolute atomic E-state index is 0.527. The average Bonchev–Trinajstić information content (AvgIpc) is 2.40. The summed E-state index contributed by atoms with van der Waals surface area (Å²) in [4.78, 5) is 0. The minimum atomic E-state index is 0.527. The Morgan fingerprint density at radius 2 is 2.11 bits per heavy atom. The van der Waals surface area contributed by atoms with Gasteiger partial charge in [0, 0.05) is 18.2 Å². The summed E-state index contributed by atoms with van der Waals surface area (Å²) in [6.45, 7) is 0.905. The van der Waals surface area contributed by atoms with Crippen molar-refractivity contribution in [2.75, 3.05) is 17.6 Å². The molecule has 1 aliphatic rings. The van der Waals surface area contributed by atoms with Gasteiger partial charge in [-0.2, -0.15) is 5.26 Å². The first-order valence-electron chi connectivity index (χ1n) is 6.39. The van der Waals surface area contributed by atoms with Crippen molar-refractivity contribution in [3.05, 3.63) is 59.2 Å². The topological polar surface area (TPSA) is 61.8 Å². The van der Waals surface area contributed by atoms with Crippen LogP contribution in [0.5, 0.6) is 0 Å². The van der Waals surface area contributed by atoms with Gasteiger partial charge in [-0.25, -0.2) is 0 Å². The summed E-state index contributed by atoms with van der Waals surface area (Å²) in [6.07, 6.45) is 1.13. The Kier molecular flexibility index (Phi) is 2.85. The molecule has 2 aromatic rings. The molecule has 0 spiro atoms. The Morgan fingerprint density at radius 1 is 1.26 bits per heavy atom. The molecule has 1 aliphatic carbocycles. The van der Waals surface area contributed by atoms with E-state index in [1.807, 2.05) is 12.1 Å². The second-order valence-electron chi connectivity index (χ2n) is 4.89. The summed E-state index contributed by atoms with van der Waals surface area (Å²) in [5.74, 6) is 0.577. The molecule has 0 radical (unpaired) electrons. The predicted octanol–water partition coefficient (Wildman–Crippen LogP) is 2.89. The van der Waals surface area contributed by atoms with Crippen LogP contribution in [-0.4, -0.2) is 6.54 Å². The van der Waals surface area contributed by atoms with Crippen molar-refractivity contribution in [3.8, 4) is 6.07 Å². The lowest BCUT2D eigenvalue weighted by molar-refractivity contribution is 0.636. The number of fused-ring (bicyclic) bond motifs is 1. The standard InChI is InChI=1S/C16H15N3/c17-9-12-5-6-14(8-16(12)18)19-10-13-7-11-3-1-2-4-15(11)13/h1-6,8,13,19H,7,10,18H2. The molecular weight excluding hydrogens is 234 g/mol. The predicted molar refractivity (Wildman–Crippen MR) is 76.9 cm³/mol. The molecule has 0 saturated heterocycles. The van der Waals surface area contributed by atoms with Gasteiger partial charge in [-0.1, -0.05) is 24.3 Å². The summed E-state index contributed by atoms with van der Waals surface area (Å²) < 4.78 is 0. The molecule has 94 valence electrons. The Labute approximate surface area is 112 Å². The lowest BCUT2D eigenvalue weighted by Crippen LogP contribution is -2.24. The van der Waals surface area contributed by atoms with Crippen molar-refractivity contribution in [2.45, 2.75) is 12.3 Å². The number of nitrogens with zero attached hydrogens (tertiary/aromatic N) is 1. The molecule has 2 aromatic carbocycles. The molecule has 1 unspecified atom stereocenters. The van der Waals surface area contributed by atoms with E-state index < -0.39 is 0 Å². The van der Waals surface area contributed by atoms with Crippen molar-refractivity contribution in [3.63, 3.8) is 0 Å². The molecule has 0 heterocycles. The summed E-state index contributed by atoms with van der Waals surface area (Å²) in [7, 11) is 0. The first kappa shape index (κ1) is 11.6. The third-order valence-electron chi connectivity index (χ3n) is 3.69. The molecule has 0 saturated carbocycles. The highest BCUT2D eigenvalue weighted by Gasteiger charge is 2.24. The van der Waals surface area contributed by atoms with E-state index in [1.165, 1.54) is 11.1 Å². The summed E-state index contributed by atoms with van der Waals surface area (Å²) in [5, 5.41) is 12.2. The number of nitrogen functional groups attached to an aromatic ring is 1. The number of benzene rings is 2. The molecule has 3 nitrogen and oxygen atoms in total. The van der Waals surface area contributed by atoms with Crippen LogP contribution >= 0.6 is 0 Å². The van der Waals surface area contributed by atoms with Crippen molar-refractivity contribution >= 4 is 11.4 Å². The summed E-state index contributed by atoms with van der Waals surface area (Å²) in [5.41, 5.74) is 10.7. The quantitative estimate of drug-likeness (QED) is 0.822. The van der Waals surface area contributed by atoms with Gasteiger partial charge in [-0.3, -0.25) is 0 Å². The van der Waals surface area contributed by atoms with Crippen LogP contribution in [0.4, 0.5) is 11.4 Å². The van der Waals surface area contributed by atoms with E-state index >= 15 is 0 Å². The molecule has 0 bridgehead atoms. The molecule has 1 atom stereocenters. The Balaban J connectivity index is 1.66. The zero-order chi connectivity index (χ0) is 13.2. The van der Waals surface area contributed by atoms with Gasteiger partial charge in [-0.05, 0) is 35.7 Å². The number of rotatable bonds is 3. The van der Waals surface area contributed by atoms with E-state index in [9.17, 15) is 0 Å². The number of hydrogen-bond acceptors (Lipinski definition) is 3. The van der Waals surface area contributed by atoms with E-state index in [4.69, 9.17) is 11.0 Å². The molecule has 3 N–H and O–H groups in total. The minimum Gasteiger partial charge on any atom is -0.398 e. The van der Waals surface area contributed by atoms with Gasteiger partial charge in [0.25, 0.3) is 0 Å². The first-order chi connectivity index (χ1) is 9.28. The number of anilines is 2. The van der Waals surface area contributed by atoms with Gasteiger partial charge >= 0.3 is 0 Å². The van der Waals surface area contributed by atoms with Crippen LogP contribution in [0.3, 0.4) is 0 Å². The zero-order valence-electron chi connectivity index (χ0n) is 10.6. The Morgan fingerprint density at radius 3 is 2.84 bits per heavy atom. The van der Waals surface area contributed by atoms with Crippen molar-refractivity contribution in [2.24, 2.45) is 0 Å². The molecular formula is C16H15N3. The van der Waals surface area contributed by atoms with Crippen LogP contribution in [0, 0.1) is 11.3 Å². The van der Waals surface area contributed by atoms with Crippen molar-refractivity contribution < 1.29 is 0 Å². The summed E-state index contributed by atoms with van der Waals surface area (Å²) in [6, 6.07) is 16.1. The molecule has 0 aliphatic heterocycles. The first-order valence-corrected chi connectivity index (χ1v) is 6.39. The van der Waals surface area contributed by atoms with Gasteiger partial charge < -0.3 is 11.1 Å². The van der Waals surface area contributed by atoms with E-state index in [-0.39, 0.29) is 0 Å². The second-order valence-corrected chi connectivity index (χ2v) is 4.89. The van der Waals surface area contributed by atoms with Crippen LogP contribution in [0.25, 0.3) is 0 Å². The maximum atomic E-state index is 8.83. The van der Waals surface area contributed by atoms with Crippen LogP contribution in [0.2, 0.25) is 0 Å².